The van der Waals surface area contributed by atoms with Gasteiger partial charge in [0.1, 0.15) is 0 Å². The van der Waals surface area contributed by atoms with E-state index < -0.39 is 0 Å². The lowest BCUT2D eigenvalue weighted by atomic mass is 10.0. The standard InChI is InChI=1S/C17H20Cl2N2/c1-11-6-12(2)8-14(7-11)21(3)17(10-20)15-9-13(18)4-5-16(15)19/h4-9,17H,10,20H2,1-3H3. The van der Waals surface area contributed by atoms with Crippen LogP contribution in [0.4, 0.5) is 5.69 Å². The first-order valence-electron chi connectivity index (χ1n) is 6.88. The van der Waals surface area contributed by atoms with Crippen LogP contribution in [0.3, 0.4) is 0 Å². The molecule has 0 spiro atoms. The Morgan fingerprint density at radius 1 is 1.05 bits per heavy atom. The number of anilines is 1. The van der Waals surface area contributed by atoms with Crippen LogP contribution in [0.2, 0.25) is 10.0 Å². The molecule has 0 bridgehead atoms. The molecule has 21 heavy (non-hydrogen) atoms. The van der Waals surface area contributed by atoms with E-state index in [-0.39, 0.29) is 6.04 Å². The van der Waals surface area contributed by atoms with Gasteiger partial charge in [0.05, 0.1) is 6.04 Å². The lowest BCUT2D eigenvalue weighted by Gasteiger charge is -2.30. The second kappa shape index (κ2) is 6.69. The molecule has 2 nitrogen and oxygen atoms in total. The van der Waals surface area contributed by atoms with Gasteiger partial charge in [0.15, 0.2) is 0 Å². The molecule has 0 heterocycles. The summed E-state index contributed by atoms with van der Waals surface area (Å²) in [6.45, 7) is 4.64. The Balaban J connectivity index is 2.42. The van der Waals surface area contributed by atoms with E-state index in [4.69, 9.17) is 28.9 Å². The maximum Gasteiger partial charge on any atom is 0.0676 e. The van der Waals surface area contributed by atoms with Gasteiger partial charge in [-0.1, -0.05) is 29.3 Å². The Hall–Kier alpha value is -1.22. The summed E-state index contributed by atoms with van der Waals surface area (Å²) < 4.78 is 0. The van der Waals surface area contributed by atoms with Gasteiger partial charge in [0.2, 0.25) is 0 Å². The van der Waals surface area contributed by atoms with Gasteiger partial charge in [-0.15, -0.1) is 0 Å². The molecule has 112 valence electrons. The van der Waals surface area contributed by atoms with Crippen molar-refractivity contribution in [2.45, 2.75) is 19.9 Å². The molecule has 0 aliphatic rings. The Kier molecular flexibility index (Phi) is 5.15. The molecule has 2 rings (SSSR count). The minimum absolute atomic E-state index is 0.0163. The maximum absolute atomic E-state index is 6.32. The third-order valence-electron chi connectivity index (χ3n) is 3.62. The largest absolute Gasteiger partial charge is 0.366 e. The van der Waals surface area contributed by atoms with Gasteiger partial charge in [-0.25, -0.2) is 0 Å². The molecule has 1 unspecified atom stereocenters. The summed E-state index contributed by atoms with van der Waals surface area (Å²) in [5.41, 5.74) is 10.5. The Bertz CT molecular complexity index is 620. The summed E-state index contributed by atoms with van der Waals surface area (Å²) >= 11 is 12.4. The van der Waals surface area contributed by atoms with Crippen LogP contribution in [0.5, 0.6) is 0 Å². The summed E-state index contributed by atoms with van der Waals surface area (Å²) in [5.74, 6) is 0. The van der Waals surface area contributed by atoms with Gasteiger partial charge >= 0.3 is 0 Å². The predicted molar refractivity (Wildman–Crippen MR) is 92.6 cm³/mol. The third-order valence-corrected chi connectivity index (χ3v) is 4.20. The van der Waals surface area contributed by atoms with Crippen molar-refractivity contribution >= 4 is 28.9 Å². The van der Waals surface area contributed by atoms with Crippen molar-refractivity contribution in [1.29, 1.82) is 0 Å². The molecule has 0 aromatic heterocycles. The average molecular weight is 323 g/mol. The number of hydrogen-bond acceptors (Lipinski definition) is 2. The highest BCUT2D eigenvalue weighted by molar-refractivity contribution is 6.33. The SMILES string of the molecule is Cc1cc(C)cc(N(C)C(CN)c2cc(Cl)ccc2Cl)c1. The topological polar surface area (TPSA) is 29.3 Å². The van der Waals surface area contributed by atoms with Crippen LogP contribution in [-0.2, 0) is 0 Å². The van der Waals surface area contributed by atoms with Gasteiger partial charge in [-0.05, 0) is 60.9 Å². The van der Waals surface area contributed by atoms with Crippen LogP contribution >= 0.6 is 23.2 Å². The van der Waals surface area contributed by atoms with Gasteiger partial charge in [-0.3, -0.25) is 0 Å². The number of halogens is 2. The summed E-state index contributed by atoms with van der Waals surface area (Å²) in [7, 11) is 2.03. The molecule has 0 radical (unpaired) electrons. The predicted octanol–water partition coefficient (Wildman–Crippen LogP) is 4.75. The van der Waals surface area contributed by atoms with Gasteiger partial charge in [0, 0.05) is 29.3 Å². The van der Waals surface area contributed by atoms with E-state index in [1.54, 1.807) is 6.07 Å². The number of likely N-dealkylation sites (N-methyl/N-ethyl adjacent to an activating group) is 1. The minimum atomic E-state index is -0.0163. The van der Waals surface area contributed by atoms with Crippen LogP contribution in [0.15, 0.2) is 36.4 Å². The fraction of sp³-hybridized carbons (Fsp3) is 0.294. The van der Waals surface area contributed by atoms with Crippen LogP contribution in [0, 0.1) is 13.8 Å². The highest BCUT2D eigenvalue weighted by atomic mass is 35.5. The van der Waals surface area contributed by atoms with Crippen molar-refractivity contribution in [3.05, 3.63) is 63.1 Å². The van der Waals surface area contributed by atoms with Crippen molar-refractivity contribution < 1.29 is 0 Å². The second-order valence-electron chi connectivity index (χ2n) is 5.37. The van der Waals surface area contributed by atoms with E-state index in [2.05, 4.69) is 36.9 Å². The molecular weight excluding hydrogens is 303 g/mol. The molecule has 1 atom stereocenters. The average Bonchev–Trinajstić information content (AvgIpc) is 2.42. The van der Waals surface area contributed by atoms with Crippen LogP contribution < -0.4 is 10.6 Å². The molecule has 0 saturated carbocycles. The lowest BCUT2D eigenvalue weighted by molar-refractivity contribution is 0.680. The highest BCUT2D eigenvalue weighted by Crippen LogP contribution is 2.32. The maximum atomic E-state index is 6.32. The van der Waals surface area contributed by atoms with Crippen molar-refractivity contribution in [3.8, 4) is 0 Å². The Labute approximate surface area is 136 Å². The first kappa shape index (κ1) is 16.2. The second-order valence-corrected chi connectivity index (χ2v) is 6.22. The van der Waals surface area contributed by atoms with Crippen LogP contribution in [-0.4, -0.2) is 13.6 Å². The molecule has 0 saturated heterocycles. The molecule has 4 heteroatoms. The van der Waals surface area contributed by atoms with E-state index in [9.17, 15) is 0 Å². The number of benzene rings is 2. The zero-order valence-corrected chi connectivity index (χ0v) is 14.0. The lowest BCUT2D eigenvalue weighted by Crippen LogP contribution is -2.30. The van der Waals surface area contributed by atoms with Crippen molar-refractivity contribution in [2.24, 2.45) is 5.73 Å². The molecule has 0 aliphatic heterocycles. The first-order chi connectivity index (χ1) is 9.92. The van der Waals surface area contributed by atoms with E-state index in [1.807, 2.05) is 19.2 Å². The fourth-order valence-corrected chi connectivity index (χ4v) is 3.02. The third kappa shape index (κ3) is 3.70. The Morgan fingerprint density at radius 3 is 2.24 bits per heavy atom. The number of rotatable bonds is 4. The van der Waals surface area contributed by atoms with E-state index >= 15 is 0 Å². The number of hydrogen-bond donors (Lipinski definition) is 1. The summed E-state index contributed by atoms with van der Waals surface area (Å²) in [4.78, 5) is 2.15. The summed E-state index contributed by atoms with van der Waals surface area (Å²) in [5, 5.41) is 1.35. The molecule has 2 aromatic carbocycles. The quantitative estimate of drug-likeness (QED) is 0.880. The number of aryl methyl sites for hydroxylation is 2. The summed E-state index contributed by atoms with van der Waals surface area (Å²) in [6, 6.07) is 11.9. The van der Waals surface area contributed by atoms with Gasteiger partial charge in [-0.2, -0.15) is 0 Å². The van der Waals surface area contributed by atoms with Gasteiger partial charge in [0.25, 0.3) is 0 Å². The zero-order chi connectivity index (χ0) is 15.6. The van der Waals surface area contributed by atoms with Gasteiger partial charge < -0.3 is 10.6 Å². The molecule has 0 aliphatic carbocycles. The Morgan fingerprint density at radius 2 is 1.67 bits per heavy atom. The summed E-state index contributed by atoms with van der Waals surface area (Å²) in [6.07, 6.45) is 0. The van der Waals surface area contributed by atoms with Crippen molar-refractivity contribution in [1.82, 2.24) is 0 Å². The van der Waals surface area contributed by atoms with Crippen molar-refractivity contribution in [3.63, 3.8) is 0 Å². The smallest absolute Gasteiger partial charge is 0.0676 e. The van der Waals surface area contributed by atoms with Crippen LogP contribution in [0.1, 0.15) is 22.7 Å². The normalized spacial score (nSPS) is 12.3. The van der Waals surface area contributed by atoms with Crippen LogP contribution in [0.25, 0.3) is 0 Å². The molecule has 0 fully saturated rings. The number of nitrogens with two attached hydrogens (primary N) is 1. The first-order valence-corrected chi connectivity index (χ1v) is 7.64. The molecule has 0 amide bonds. The van der Waals surface area contributed by atoms with Crippen molar-refractivity contribution in [2.75, 3.05) is 18.5 Å². The fourth-order valence-electron chi connectivity index (χ4n) is 2.60. The monoisotopic (exact) mass is 322 g/mol. The zero-order valence-electron chi connectivity index (χ0n) is 12.5. The van der Waals surface area contributed by atoms with E-state index in [1.165, 1.54) is 11.1 Å². The molecule has 2 N–H and O–H groups in total. The molecule has 2 aromatic rings. The minimum Gasteiger partial charge on any atom is -0.366 e. The highest BCUT2D eigenvalue weighted by Gasteiger charge is 2.19. The van der Waals surface area contributed by atoms with E-state index in [0.29, 0.717) is 16.6 Å². The molecular formula is C17H20Cl2N2. The van der Waals surface area contributed by atoms with E-state index in [0.717, 1.165) is 11.3 Å². The number of nitrogens with zero attached hydrogens (tertiary/aromatic N) is 1.